The van der Waals surface area contributed by atoms with Crippen molar-refractivity contribution in [3.63, 3.8) is 0 Å². The van der Waals surface area contributed by atoms with Crippen molar-refractivity contribution in [1.82, 2.24) is 4.98 Å². The van der Waals surface area contributed by atoms with Crippen LogP contribution in [0.3, 0.4) is 0 Å². The quantitative estimate of drug-likeness (QED) is 0.857. The predicted molar refractivity (Wildman–Crippen MR) is 86.5 cm³/mol. The molecule has 4 heteroatoms. The van der Waals surface area contributed by atoms with E-state index < -0.39 is 11.2 Å². The van der Waals surface area contributed by atoms with E-state index in [2.05, 4.69) is 4.98 Å². The van der Waals surface area contributed by atoms with E-state index in [1.54, 1.807) is 27.5 Å². The van der Waals surface area contributed by atoms with Crippen LogP contribution in [0.1, 0.15) is 27.7 Å². The van der Waals surface area contributed by atoms with E-state index in [1.165, 1.54) is 0 Å². The summed E-state index contributed by atoms with van der Waals surface area (Å²) in [5.41, 5.74) is 1.51. The fraction of sp³-hybridized carbons (Fsp3) is 0.353. The molecule has 3 nitrogen and oxygen atoms in total. The van der Waals surface area contributed by atoms with Crippen LogP contribution < -0.4 is 5.46 Å². The highest BCUT2D eigenvalue weighted by molar-refractivity contribution is 6.47. The normalized spacial score (nSPS) is 12.2. The second kappa shape index (κ2) is 6.00. The lowest BCUT2D eigenvalue weighted by Gasteiger charge is -2.37. The van der Waals surface area contributed by atoms with Crippen molar-refractivity contribution in [2.75, 3.05) is 0 Å². The summed E-state index contributed by atoms with van der Waals surface area (Å²) in [6.45, 7) is 7.22. The van der Waals surface area contributed by atoms with Crippen molar-refractivity contribution in [3.8, 4) is 11.1 Å². The Bertz CT molecular complexity index is 591. The average molecular weight is 282 g/mol. The number of aliphatic hydroxyl groups is 1. The first-order valence-electron chi connectivity index (χ1n) is 7.03. The summed E-state index contributed by atoms with van der Waals surface area (Å²) in [4.78, 5) is 4.13. The molecule has 1 N–H and O–H groups in total. The summed E-state index contributed by atoms with van der Waals surface area (Å²) in [6.07, 6.45) is 3.59. The van der Waals surface area contributed by atoms with Gasteiger partial charge in [0.2, 0.25) is 0 Å². The number of rotatable bonds is 5. The molecule has 109 valence electrons. The third-order valence-corrected chi connectivity index (χ3v) is 3.84. The minimum atomic E-state index is -0.926. The van der Waals surface area contributed by atoms with Gasteiger partial charge in [-0.25, -0.2) is 0 Å². The van der Waals surface area contributed by atoms with E-state index in [0.717, 1.165) is 16.6 Å². The molecule has 0 aliphatic carbocycles. The Kier molecular flexibility index (Phi) is 4.50. The van der Waals surface area contributed by atoms with Crippen LogP contribution in [-0.2, 0) is 4.65 Å². The summed E-state index contributed by atoms with van der Waals surface area (Å²) in [5.74, 6) is 0. The molecule has 0 aliphatic rings. The van der Waals surface area contributed by atoms with Crippen LogP contribution in [0, 0.1) is 0 Å². The number of aromatic nitrogens is 1. The van der Waals surface area contributed by atoms with Gasteiger partial charge in [-0.3, -0.25) is 4.98 Å². The average Bonchev–Trinajstić information content (AvgIpc) is 2.45. The topological polar surface area (TPSA) is 42.4 Å². The maximum atomic E-state index is 10.1. The second-order valence-electron chi connectivity index (χ2n) is 6.17. The van der Waals surface area contributed by atoms with Gasteiger partial charge in [0.15, 0.2) is 0 Å². The number of nitrogens with zero attached hydrogens (tertiary/aromatic N) is 1. The smallest absolute Gasteiger partial charge is 0.330 e. The lowest BCUT2D eigenvalue weighted by Crippen LogP contribution is -2.49. The maximum Gasteiger partial charge on any atom is 0.330 e. The summed E-state index contributed by atoms with van der Waals surface area (Å²) >= 11 is 0. The zero-order valence-electron chi connectivity index (χ0n) is 13.0. The largest absolute Gasteiger partial charge is 0.427 e. The zero-order chi connectivity index (χ0) is 15.5. The van der Waals surface area contributed by atoms with E-state index in [4.69, 9.17) is 4.65 Å². The van der Waals surface area contributed by atoms with Gasteiger partial charge in [0.1, 0.15) is 0 Å². The molecule has 2 aromatic rings. The van der Waals surface area contributed by atoms with E-state index in [9.17, 15) is 5.11 Å². The highest BCUT2D eigenvalue weighted by Crippen LogP contribution is 2.24. The van der Waals surface area contributed by atoms with Gasteiger partial charge in [-0.1, -0.05) is 35.8 Å². The van der Waals surface area contributed by atoms with Gasteiger partial charge in [-0.05, 0) is 44.9 Å². The van der Waals surface area contributed by atoms with Crippen LogP contribution in [-0.4, -0.2) is 28.8 Å². The summed E-state index contributed by atoms with van der Waals surface area (Å²) in [7, 11) is 1.69. The van der Waals surface area contributed by atoms with Crippen LogP contribution in [0.4, 0.5) is 0 Å². The highest BCUT2D eigenvalue weighted by atomic mass is 16.5. The Morgan fingerprint density at radius 1 is 1.05 bits per heavy atom. The molecule has 0 spiro atoms. The molecule has 0 fully saturated rings. The molecule has 0 bridgehead atoms. The first kappa shape index (κ1) is 15.7. The van der Waals surface area contributed by atoms with Gasteiger partial charge < -0.3 is 9.76 Å². The Hall–Kier alpha value is -1.65. The third kappa shape index (κ3) is 3.93. The lowest BCUT2D eigenvalue weighted by atomic mass is 9.82. The third-order valence-electron chi connectivity index (χ3n) is 3.84. The van der Waals surface area contributed by atoms with Crippen molar-refractivity contribution < 1.29 is 9.76 Å². The second-order valence-corrected chi connectivity index (χ2v) is 6.17. The van der Waals surface area contributed by atoms with Gasteiger partial charge in [0.25, 0.3) is 0 Å². The van der Waals surface area contributed by atoms with Crippen LogP contribution in [0.25, 0.3) is 11.1 Å². The van der Waals surface area contributed by atoms with E-state index in [1.807, 2.05) is 56.4 Å². The Labute approximate surface area is 127 Å². The first-order chi connectivity index (χ1) is 9.79. The standard InChI is InChI=1S/C17H21BNO2/c1-16(2,20)17(3,4)21-18-15-9-5-7-13(11-15)14-8-6-10-19-12-14/h5-12,20H,1-4H3. The van der Waals surface area contributed by atoms with Crippen LogP contribution in [0.15, 0.2) is 48.8 Å². The summed E-state index contributed by atoms with van der Waals surface area (Å²) < 4.78 is 5.78. The van der Waals surface area contributed by atoms with Crippen LogP contribution >= 0.6 is 0 Å². The molecule has 0 saturated carbocycles. The van der Waals surface area contributed by atoms with Crippen molar-refractivity contribution in [1.29, 1.82) is 0 Å². The van der Waals surface area contributed by atoms with Gasteiger partial charge >= 0.3 is 7.48 Å². The molecule has 1 radical (unpaired) electrons. The molecule has 0 unspecified atom stereocenters. The zero-order valence-corrected chi connectivity index (χ0v) is 13.0. The molecule has 0 atom stereocenters. The molecular formula is C17H21BNO2. The molecule has 1 aromatic heterocycles. The van der Waals surface area contributed by atoms with E-state index in [-0.39, 0.29) is 0 Å². The minimum absolute atomic E-state index is 0.669. The molecular weight excluding hydrogens is 261 g/mol. The molecule has 21 heavy (non-hydrogen) atoms. The van der Waals surface area contributed by atoms with Crippen molar-refractivity contribution >= 4 is 12.9 Å². The number of hydrogen-bond donors (Lipinski definition) is 1. The molecule has 2 rings (SSSR count). The molecule has 1 aromatic carbocycles. The molecule has 0 saturated heterocycles. The van der Waals surface area contributed by atoms with Crippen molar-refractivity contribution in [2.45, 2.75) is 38.9 Å². The Balaban J connectivity index is 2.13. The van der Waals surface area contributed by atoms with E-state index in [0.29, 0.717) is 0 Å². The molecule has 0 aliphatic heterocycles. The van der Waals surface area contributed by atoms with Gasteiger partial charge in [0, 0.05) is 12.4 Å². The lowest BCUT2D eigenvalue weighted by molar-refractivity contribution is -0.0893. The van der Waals surface area contributed by atoms with Crippen LogP contribution in [0.2, 0.25) is 0 Å². The maximum absolute atomic E-state index is 10.1. The number of pyridine rings is 1. The van der Waals surface area contributed by atoms with E-state index >= 15 is 0 Å². The molecule has 0 amide bonds. The Morgan fingerprint density at radius 3 is 2.38 bits per heavy atom. The summed E-state index contributed by atoms with van der Waals surface area (Å²) in [5, 5.41) is 10.1. The van der Waals surface area contributed by atoms with Crippen molar-refractivity contribution in [3.05, 3.63) is 48.8 Å². The monoisotopic (exact) mass is 282 g/mol. The predicted octanol–water partition coefficient (Wildman–Crippen LogP) is 2.56. The van der Waals surface area contributed by atoms with Crippen molar-refractivity contribution in [2.24, 2.45) is 0 Å². The van der Waals surface area contributed by atoms with Crippen LogP contribution in [0.5, 0.6) is 0 Å². The van der Waals surface area contributed by atoms with Gasteiger partial charge in [-0.2, -0.15) is 0 Å². The first-order valence-corrected chi connectivity index (χ1v) is 7.03. The fourth-order valence-corrected chi connectivity index (χ4v) is 1.68. The highest BCUT2D eigenvalue weighted by Gasteiger charge is 2.35. The Morgan fingerprint density at radius 2 is 1.76 bits per heavy atom. The number of hydrogen-bond acceptors (Lipinski definition) is 3. The minimum Gasteiger partial charge on any atom is -0.427 e. The van der Waals surface area contributed by atoms with Gasteiger partial charge in [-0.15, -0.1) is 0 Å². The van der Waals surface area contributed by atoms with Gasteiger partial charge in [0.05, 0.1) is 11.2 Å². The summed E-state index contributed by atoms with van der Waals surface area (Å²) in [6, 6.07) is 12.0. The molecule has 1 heterocycles. The number of benzene rings is 1. The SMILES string of the molecule is CC(C)(O)C(C)(C)O[B]c1cccc(-c2cccnc2)c1. The fourth-order valence-electron chi connectivity index (χ4n) is 1.68.